The molecule has 0 rings (SSSR count). The molecule has 3 nitrogen and oxygen atoms in total. The Hall–Kier alpha value is 0.431. The molecule has 0 bridgehead atoms. The van der Waals surface area contributed by atoms with Gasteiger partial charge in [0.05, 0.1) is 0 Å². The quantitative estimate of drug-likeness (QED) is 0.392. The van der Waals surface area contributed by atoms with Gasteiger partial charge in [-0.25, -0.2) is 0 Å². The van der Waals surface area contributed by atoms with E-state index in [0.29, 0.717) is 0 Å². The molecule has 0 aliphatic heterocycles. The average Bonchev–Trinajstić information content (AvgIpc) is 1.21. The van der Waals surface area contributed by atoms with E-state index in [4.69, 9.17) is 0 Å². The molecule has 9 heavy (non-hydrogen) atoms. The monoisotopic (exact) mass is 156 g/mol. The van der Waals surface area contributed by atoms with Gasteiger partial charge in [0.2, 0.25) is 0 Å². The molecule has 0 unspecified atom stereocenters. The molecule has 0 atom stereocenters. The van der Waals surface area contributed by atoms with Crippen LogP contribution in [0.4, 0.5) is 0 Å². The summed E-state index contributed by atoms with van der Waals surface area (Å²) in [7, 11) is -4.73. The second-order valence-corrected chi connectivity index (χ2v) is 8.01. The first kappa shape index (κ1) is 12.1. The topological polar surface area (TPSA) is 49.4 Å². The summed E-state index contributed by atoms with van der Waals surface area (Å²) in [6, 6.07) is 0. The Labute approximate surface area is 69.6 Å². The van der Waals surface area contributed by atoms with E-state index in [-0.39, 0.29) is 18.9 Å². The van der Waals surface area contributed by atoms with E-state index in [9.17, 15) is 9.26 Å². The van der Waals surface area contributed by atoms with Crippen LogP contribution in [-0.4, -0.2) is 17.5 Å². The van der Waals surface area contributed by atoms with Crippen LogP contribution < -0.4 is 23.7 Å². The van der Waals surface area contributed by atoms with Crippen molar-refractivity contribution in [1.29, 1.82) is 0 Å². The first-order valence-corrected chi connectivity index (χ1v) is 6.95. The Balaban J connectivity index is 0. The summed E-state index contributed by atoms with van der Waals surface area (Å²) in [6.45, 7) is 5.48. The normalized spacial score (nSPS) is 9.67. The molecular weight excluding hydrogens is 147 g/mol. The third kappa shape index (κ3) is 11.8. The molecule has 0 aromatic carbocycles. The number of hydrogen-bond acceptors (Lipinski definition) is 3. The van der Waals surface area contributed by atoms with Crippen molar-refractivity contribution in [3.8, 4) is 0 Å². The summed E-state index contributed by atoms with van der Waals surface area (Å²) >= 11 is 0. The summed E-state index contributed by atoms with van der Waals surface area (Å²) < 4.78 is 14.5. The number of hydrogen-bond donors (Lipinski definition) is 0. The third-order valence-electron chi connectivity index (χ3n) is 0.390. The molecule has 0 aliphatic carbocycles. The Morgan fingerprint density at radius 3 is 1.78 bits per heavy atom. The van der Waals surface area contributed by atoms with Gasteiger partial charge in [0.15, 0.2) is 0 Å². The maximum absolute atomic E-state index is 9.90. The van der Waals surface area contributed by atoms with Gasteiger partial charge in [0, 0.05) is 0 Å². The van der Waals surface area contributed by atoms with Crippen molar-refractivity contribution < 1.29 is 32.2 Å². The van der Waals surface area contributed by atoms with E-state index >= 15 is 0 Å². The maximum atomic E-state index is 9.90. The van der Waals surface area contributed by atoms with E-state index in [1.165, 1.54) is 0 Å². The predicted octanol–water partition coefficient (Wildman–Crippen LogP) is -3.38. The molecule has 0 saturated carbocycles. The minimum atomic E-state index is -2.93. The average molecular weight is 156 g/mol. The van der Waals surface area contributed by atoms with E-state index in [0.717, 1.165) is 0 Å². The van der Waals surface area contributed by atoms with Gasteiger partial charge in [-0.2, -0.15) is 0 Å². The Kier molecular flexibility index (Phi) is 5.77. The van der Waals surface area contributed by atoms with Gasteiger partial charge >= 0.3 is 28.0 Å². The first-order chi connectivity index (χ1) is 3.42. The largest absolute Gasteiger partial charge is 1.00 e. The molecule has 0 spiro atoms. The van der Waals surface area contributed by atoms with Gasteiger partial charge in [0.25, 0.3) is 0 Å². The summed E-state index contributed by atoms with van der Waals surface area (Å²) in [5.41, 5.74) is 0. The van der Waals surface area contributed by atoms with Gasteiger partial charge < -0.3 is 13.4 Å². The van der Waals surface area contributed by atoms with Crippen LogP contribution in [0.5, 0.6) is 0 Å². The Morgan fingerprint density at radius 1 is 1.44 bits per heavy atom. The van der Waals surface area contributed by atoms with Gasteiger partial charge in [0.1, 0.15) is 8.32 Å². The van der Waals surface area contributed by atoms with Crippen molar-refractivity contribution >= 4 is 17.5 Å². The van der Waals surface area contributed by atoms with Gasteiger partial charge in [-0.05, 0) is 0 Å². The molecular formula is C3H9LiO3Si2. The second-order valence-electron chi connectivity index (χ2n) is 2.46. The van der Waals surface area contributed by atoms with Crippen molar-refractivity contribution in [3.63, 3.8) is 0 Å². The van der Waals surface area contributed by atoms with Crippen LogP contribution in [0, 0.1) is 0 Å². The van der Waals surface area contributed by atoms with Crippen LogP contribution in [0.25, 0.3) is 0 Å². The Morgan fingerprint density at radius 2 is 1.78 bits per heavy atom. The fraction of sp³-hybridized carbons (Fsp3) is 1.00. The van der Waals surface area contributed by atoms with Gasteiger partial charge in [-0.3, -0.25) is 0 Å². The Bertz CT molecular complexity index is 99.7. The van der Waals surface area contributed by atoms with E-state index in [1.807, 2.05) is 19.6 Å². The van der Waals surface area contributed by atoms with Crippen molar-refractivity contribution in [2.75, 3.05) is 0 Å². The molecule has 0 aromatic heterocycles. The van der Waals surface area contributed by atoms with Crippen molar-refractivity contribution in [1.82, 2.24) is 0 Å². The fourth-order valence-electron chi connectivity index (χ4n) is 0.250. The second kappa shape index (κ2) is 4.28. The van der Waals surface area contributed by atoms with E-state index in [1.54, 1.807) is 0 Å². The smallest absolute Gasteiger partial charge is 0.621 e. The summed E-state index contributed by atoms with van der Waals surface area (Å²) in [4.78, 5) is 9.90. The molecule has 6 heteroatoms. The summed E-state index contributed by atoms with van der Waals surface area (Å²) in [5, 5.41) is 0. The zero-order chi connectivity index (χ0) is 6.78. The van der Waals surface area contributed by atoms with Crippen molar-refractivity contribution in [2.24, 2.45) is 0 Å². The van der Waals surface area contributed by atoms with Crippen molar-refractivity contribution in [2.45, 2.75) is 19.6 Å². The molecule has 0 aliphatic rings. The van der Waals surface area contributed by atoms with Crippen LogP contribution in [0.2, 0.25) is 19.6 Å². The van der Waals surface area contributed by atoms with Crippen LogP contribution >= 0.6 is 0 Å². The van der Waals surface area contributed by atoms with Crippen LogP contribution in [0.15, 0.2) is 0 Å². The molecule has 0 amide bonds. The van der Waals surface area contributed by atoms with Crippen LogP contribution in [0.3, 0.4) is 0 Å². The minimum absolute atomic E-state index is 0. The minimum Gasteiger partial charge on any atom is -0.621 e. The molecule has 0 fully saturated rings. The van der Waals surface area contributed by atoms with E-state index in [2.05, 4.69) is 4.12 Å². The predicted molar refractivity (Wildman–Crippen MR) is 30.9 cm³/mol. The summed E-state index contributed by atoms with van der Waals surface area (Å²) in [6.07, 6.45) is 0. The van der Waals surface area contributed by atoms with Gasteiger partial charge in [-0.15, -0.1) is 0 Å². The molecule has 0 heterocycles. The maximum Gasteiger partial charge on any atom is 1.00 e. The zero-order valence-corrected chi connectivity index (χ0v) is 8.22. The molecule has 0 aromatic rings. The molecule has 0 N–H and O–H groups in total. The standard InChI is InChI=1S/C3H9O3Si2.Li/c1-8(2,3)6-7(4)5;/h1-3H3;/q-1;+1. The molecule has 0 radical (unpaired) electrons. The van der Waals surface area contributed by atoms with Gasteiger partial charge in [-0.1, -0.05) is 19.6 Å². The van der Waals surface area contributed by atoms with Crippen LogP contribution in [-0.2, 0) is 8.58 Å². The molecule has 0 saturated heterocycles. The summed E-state index contributed by atoms with van der Waals surface area (Å²) in [5.74, 6) is 0. The number of rotatable bonds is 2. The first-order valence-electron chi connectivity index (χ1n) is 2.32. The third-order valence-corrected chi connectivity index (χ3v) is 3.51. The van der Waals surface area contributed by atoms with Crippen molar-refractivity contribution in [3.05, 3.63) is 0 Å². The zero-order valence-electron chi connectivity index (χ0n) is 6.22. The fourth-order valence-corrected chi connectivity index (χ4v) is 2.25. The van der Waals surface area contributed by atoms with E-state index < -0.39 is 17.5 Å². The van der Waals surface area contributed by atoms with Crippen LogP contribution in [0.1, 0.15) is 0 Å². The SMILES string of the molecule is C[Si](C)(C)O[Si](=O)[O-].[Li+]. The molecule has 48 valence electrons.